The van der Waals surface area contributed by atoms with Crippen molar-refractivity contribution in [1.29, 1.82) is 0 Å². The Morgan fingerprint density at radius 3 is 2.55 bits per heavy atom. The minimum absolute atomic E-state index is 0.110. The molecule has 20 heavy (non-hydrogen) atoms. The van der Waals surface area contributed by atoms with Crippen LogP contribution in [-0.2, 0) is 16.4 Å². The van der Waals surface area contributed by atoms with E-state index in [1.54, 1.807) is 18.2 Å². The molecule has 0 radical (unpaired) electrons. The van der Waals surface area contributed by atoms with Crippen LogP contribution < -0.4 is 5.32 Å². The topological polar surface area (TPSA) is 72.0 Å². The quantitative estimate of drug-likeness (QED) is 0.915. The summed E-state index contributed by atoms with van der Waals surface area (Å²) in [6.07, 6.45) is 1.50. The van der Waals surface area contributed by atoms with Gasteiger partial charge in [-0.3, -0.25) is 0 Å². The summed E-state index contributed by atoms with van der Waals surface area (Å²) in [4.78, 5) is -0.432. The van der Waals surface area contributed by atoms with Gasteiger partial charge in [-0.1, -0.05) is 12.1 Å². The van der Waals surface area contributed by atoms with Crippen LogP contribution in [0.1, 0.15) is 5.69 Å². The lowest BCUT2D eigenvalue weighted by molar-refractivity contribution is 0.235. The van der Waals surface area contributed by atoms with Crippen LogP contribution in [0.2, 0.25) is 0 Å². The fraction of sp³-hybridized carbons (Fsp3) is 0.167. The highest BCUT2D eigenvalue weighted by Gasteiger charge is 2.28. The first-order chi connectivity index (χ1) is 9.51. The highest BCUT2D eigenvalue weighted by Crippen LogP contribution is 2.26. The van der Waals surface area contributed by atoms with E-state index in [9.17, 15) is 17.2 Å². The maximum absolute atomic E-state index is 12.6. The summed E-state index contributed by atoms with van der Waals surface area (Å²) >= 11 is 0. The van der Waals surface area contributed by atoms with Gasteiger partial charge < -0.3 is 5.32 Å². The van der Waals surface area contributed by atoms with Crippen molar-refractivity contribution in [3.05, 3.63) is 48.3 Å². The predicted molar refractivity (Wildman–Crippen MR) is 69.0 cm³/mol. The summed E-state index contributed by atoms with van der Waals surface area (Å²) in [5, 5.41) is 10.3. The molecule has 0 spiro atoms. The Hall–Kier alpha value is -2.09. The Balaban J connectivity index is 2.25. The molecule has 8 heteroatoms. The van der Waals surface area contributed by atoms with E-state index < -0.39 is 20.5 Å². The van der Waals surface area contributed by atoms with Crippen molar-refractivity contribution in [2.24, 2.45) is 0 Å². The summed E-state index contributed by atoms with van der Waals surface area (Å²) in [6.45, 7) is 0.184. The zero-order chi connectivity index (χ0) is 14.6. The van der Waals surface area contributed by atoms with Gasteiger partial charge in [0.1, 0.15) is 0 Å². The van der Waals surface area contributed by atoms with E-state index in [1.165, 1.54) is 18.3 Å². The average molecular weight is 299 g/mol. The van der Waals surface area contributed by atoms with Crippen LogP contribution in [0, 0.1) is 0 Å². The molecular weight excluding hydrogens is 288 g/mol. The normalized spacial score (nSPS) is 11.6. The van der Waals surface area contributed by atoms with Gasteiger partial charge in [-0.2, -0.15) is 19.0 Å². The number of sulfone groups is 1. The van der Waals surface area contributed by atoms with Crippen molar-refractivity contribution in [1.82, 2.24) is 10.2 Å². The third kappa shape index (κ3) is 3.08. The minimum Gasteiger partial charge on any atom is -0.378 e. The number of alkyl halides is 2. The number of anilines is 1. The molecular formula is C12H11F2N3O2S. The molecule has 106 valence electrons. The molecule has 0 saturated heterocycles. The Labute approximate surface area is 114 Å². The molecule has 0 amide bonds. The van der Waals surface area contributed by atoms with Gasteiger partial charge in [-0.05, 0) is 24.3 Å². The smallest absolute Gasteiger partial charge is 0.341 e. The zero-order valence-corrected chi connectivity index (χ0v) is 11.0. The summed E-state index contributed by atoms with van der Waals surface area (Å²) in [5.74, 6) is -3.46. The maximum atomic E-state index is 12.6. The van der Waals surface area contributed by atoms with E-state index in [4.69, 9.17) is 0 Å². The number of hydrogen-bond acceptors (Lipinski definition) is 5. The van der Waals surface area contributed by atoms with E-state index in [0.29, 0.717) is 5.69 Å². The van der Waals surface area contributed by atoms with Crippen LogP contribution >= 0.6 is 0 Å². The van der Waals surface area contributed by atoms with E-state index in [1.807, 2.05) is 0 Å². The van der Waals surface area contributed by atoms with E-state index >= 15 is 0 Å². The second-order valence-electron chi connectivity index (χ2n) is 3.87. The number of aromatic nitrogens is 2. The summed E-state index contributed by atoms with van der Waals surface area (Å²) in [6, 6.07) is 8.87. The first-order valence-corrected chi connectivity index (χ1v) is 7.18. The zero-order valence-electron chi connectivity index (χ0n) is 10.2. The van der Waals surface area contributed by atoms with Gasteiger partial charge in [0, 0.05) is 6.20 Å². The highest BCUT2D eigenvalue weighted by atomic mass is 32.2. The van der Waals surface area contributed by atoms with Gasteiger partial charge in [0.25, 0.3) is 0 Å². The lowest BCUT2D eigenvalue weighted by Crippen LogP contribution is -2.14. The number of halogens is 2. The van der Waals surface area contributed by atoms with Crippen LogP contribution in [0.3, 0.4) is 0 Å². The molecule has 0 bridgehead atoms. The van der Waals surface area contributed by atoms with Gasteiger partial charge in [-0.15, -0.1) is 0 Å². The molecule has 1 aromatic heterocycles. The summed E-state index contributed by atoms with van der Waals surface area (Å²) in [5.41, 5.74) is 0.676. The third-order valence-corrected chi connectivity index (χ3v) is 3.95. The van der Waals surface area contributed by atoms with Crippen LogP contribution in [0.15, 0.2) is 47.5 Å². The molecule has 0 atom stereocenters. The summed E-state index contributed by atoms with van der Waals surface area (Å²) in [7, 11) is -4.64. The van der Waals surface area contributed by atoms with Crippen molar-refractivity contribution in [2.45, 2.75) is 17.2 Å². The highest BCUT2D eigenvalue weighted by molar-refractivity contribution is 7.91. The number of para-hydroxylation sites is 1. The number of nitrogens with zero attached hydrogens (tertiary/aromatic N) is 2. The van der Waals surface area contributed by atoms with E-state index in [0.717, 1.165) is 6.07 Å². The lowest BCUT2D eigenvalue weighted by atomic mass is 10.3. The van der Waals surface area contributed by atoms with Crippen LogP contribution in [-0.4, -0.2) is 24.4 Å². The number of rotatable bonds is 5. The molecule has 0 fully saturated rings. The van der Waals surface area contributed by atoms with Crippen LogP contribution in [0.25, 0.3) is 0 Å². The van der Waals surface area contributed by atoms with Crippen molar-refractivity contribution >= 4 is 15.5 Å². The number of nitrogens with one attached hydrogen (secondary N) is 1. The van der Waals surface area contributed by atoms with E-state index in [2.05, 4.69) is 15.5 Å². The fourth-order valence-electron chi connectivity index (χ4n) is 1.57. The molecule has 2 aromatic rings. The van der Waals surface area contributed by atoms with Gasteiger partial charge >= 0.3 is 5.76 Å². The number of benzene rings is 1. The Bertz CT molecular complexity index is 678. The molecule has 2 rings (SSSR count). The van der Waals surface area contributed by atoms with Gasteiger partial charge in [-0.25, -0.2) is 8.42 Å². The SMILES string of the molecule is O=S(=O)(c1ccccc1NCc1cccnn1)C(F)F. The molecule has 5 nitrogen and oxygen atoms in total. The standard InChI is InChI=1S/C12H11F2N3O2S/c13-12(14)20(18,19)11-6-2-1-5-10(11)15-8-9-4-3-7-16-17-9/h1-7,12,15H,8H2. The minimum atomic E-state index is -4.64. The molecule has 1 heterocycles. The van der Waals surface area contributed by atoms with Crippen molar-refractivity contribution < 1.29 is 17.2 Å². The molecule has 0 saturated carbocycles. The lowest BCUT2D eigenvalue weighted by Gasteiger charge is -2.11. The first kappa shape index (κ1) is 14.3. The largest absolute Gasteiger partial charge is 0.378 e. The molecule has 0 aliphatic heterocycles. The maximum Gasteiger partial charge on any atom is 0.341 e. The molecule has 1 aromatic carbocycles. The Morgan fingerprint density at radius 1 is 1.15 bits per heavy atom. The Morgan fingerprint density at radius 2 is 1.90 bits per heavy atom. The van der Waals surface area contributed by atoms with Crippen LogP contribution in [0.5, 0.6) is 0 Å². The monoisotopic (exact) mass is 299 g/mol. The van der Waals surface area contributed by atoms with E-state index in [-0.39, 0.29) is 12.2 Å². The molecule has 0 aliphatic rings. The van der Waals surface area contributed by atoms with Gasteiger partial charge in [0.05, 0.1) is 22.8 Å². The Kier molecular flexibility index (Phi) is 4.23. The predicted octanol–water partition coefficient (Wildman–Crippen LogP) is 2.08. The fourth-order valence-corrected chi connectivity index (χ4v) is 2.48. The number of hydrogen-bond donors (Lipinski definition) is 1. The molecule has 0 aliphatic carbocycles. The molecule has 1 N–H and O–H groups in total. The van der Waals surface area contributed by atoms with Crippen LogP contribution in [0.4, 0.5) is 14.5 Å². The van der Waals surface area contributed by atoms with Crippen molar-refractivity contribution in [3.8, 4) is 0 Å². The van der Waals surface area contributed by atoms with Crippen molar-refractivity contribution in [3.63, 3.8) is 0 Å². The second kappa shape index (κ2) is 5.91. The van der Waals surface area contributed by atoms with Gasteiger partial charge in [0.2, 0.25) is 9.84 Å². The van der Waals surface area contributed by atoms with Gasteiger partial charge in [0.15, 0.2) is 0 Å². The third-order valence-electron chi connectivity index (χ3n) is 2.52. The second-order valence-corrected chi connectivity index (χ2v) is 5.76. The average Bonchev–Trinajstić information content (AvgIpc) is 2.46. The first-order valence-electron chi connectivity index (χ1n) is 5.63. The van der Waals surface area contributed by atoms with Crippen molar-refractivity contribution in [2.75, 3.05) is 5.32 Å². The molecule has 0 unspecified atom stereocenters. The summed E-state index contributed by atoms with van der Waals surface area (Å²) < 4.78 is 48.3.